The second kappa shape index (κ2) is 4.75. The van der Waals surface area contributed by atoms with Crippen LogP contribution >= 0.6 is 0 Å². The maximum atomic E-state index is 10.4. The van der Waals surface area contributed by atoms with Gasteiger partial charge in [-0.1, -0.05) is 12.8 Å². The van der Waals surface area contributed by atoms with Crippen molar-refractivity contribution < 1.29 is 5.11 Å². The number of fused-ring (bicyclic) bond motifs is 1. The van der Waals surface area contributed by atoms with Crippen LogP contribution in [0.25, 0.3) is 11.2 Å². The summed E-state index contributed by atoms with van der Waals surface area (Å²) in [6, 6.07) is -0.305. The van der Waals surface area contributed by atoms with Gasteiger partial charge in [0.25, 0.3) is 0 Å². The van der Waals surface area contributed by atoms with E-state index in [4.69, 9.17) is 11.5 Å². The summed E-state index contributed by atoms with van der Waals surface area (Å²) in [5.41, 5.74) is 13.0. The maximum Gasteiger partial charge on any atom is 0.165 e. The molecule has 0 unspecified atom stereocenters. The van der Waals surface area contributed by atoms with Crippen LogP contribution in [0.4, 0.5) is 5.82 Å². The number of hydrogen-bond acceptors (Lipinski definition) is 6. The normalized spacial score (nSPS) is 28.4. The van der Waals surface area contributed by atoms with Gasteiger partial charge in [0.1, 0.15) is 11.8 Å². The maximum absolute atomic E-state index is 10.4. The Morgan fingerprint density at radius 3 is 2.84 bits per heavy atom. The van der Waals surface area contributed by atoms with Crippen molar-refractivity contribution in [3.05, 3.63) is 12.7 Å². The van der Waals surface area contributed by atoms with Gasteiger partial charge in [0, 0.05) is 6.04 Å². The first-order valence-electron chi connectivity index (χ1n) is 6.55. The fraction of sp³-hybridized carbons (Fsp3) is 0.583. The average molecular weight is 262 g/mol. The number of anilines is 1. The zero-order chi connectivity index (χ0) is 13.4. The monoisotopic (exact) mass is 262 g/mol. The van der Waals surface area contributed by atoms with Gasteiger partial charge in [0.05, 0.1) is 18.5 Å². The van der Waals surface area contributed by atoms with Gasteiger partial charge >= 0.3 is 0 Å². The summed E-state index contributed by atoms with van der Waals surface area (Å²) in [7, 11) is 0. The predicted molar refractivity (Wildman–Crippen MR) is 71.2 cm³/mol. The number of rotatable bonds is 1. The van der Waals surface area contributed by atoms with E-state index in [0.717, 1.165) is 25.7 Å². The lowest BCUT2D eigenvalue weighted by molar-refractivity contribution is 0.0899. The predicted octanol–water partition coefficient (Wildman–Crippen LogP) is 0.212. The van der Waals surface area contributed by atoms with E-state index in [2.05, 4.69) is 15.0 Å². The van der Waals surface area contributed by atoms with Crippen molar-refractivity contribution >= 4 is 17.0 Å². The molecule has 0 saturated heterocycles. The standard InChI is InChI=1S/C12H18N6O/c13-7-3-1-2-4-8(10(7)19)18-6-17-9-11(14)15-5-16-12(9)18/h5-8,10,19H,1-4,13H2,(H2,14,15,16)/t7-,8-,10-/m0/s1. The third kappa shape index (κ3) is 2.04. The molecule has 0 spiro atoms. The van der Waals surface area contributed by atoms with Crippen molar-refractivity contribution in [2.45, 2.75) is 43.9 Å². The van der Waals surface area contributed by atoms with Gasteiger partial charge in [0.2, 0.25) is 0 Å². The molecule has 0 aliphatic heterocycles. The molecule has 0 aromatic carbocycles. The summed E-state index contributed by atoms with van der Waals surface area (Å²) in [5.74, 6) is 0.358. The molecule has 7 nitrogen and oxygen atoms in total. The average Bonchev–Trinajstić information content (AvgIpc) is 2.76. The van der Waals surface area contributed by atoms with E-state index in [1.807, 2.05) is 4.57 Å². The largest absolute Gasteiger partial charge is 0.389 e. The van der Waals surface area contributed by atoms with Gasteiger partial charge in [-0.15, -0.1) is 0 Å². The summed E-state index contributed by atoms with van der Waals surface area (Å²) in [6.45, 7) is 0. The molecule has 1 aliphatic carbocycles. The Bertz CT molecular complexity index is 583. The quantitative estimate of drug-likeness (QED) is 0.633. The minimum Gasteiger partial charge on any atom is -0.389 e. The van der Waals surface area contributed by atoms with E-state index in [-0.39, 0.29) is 12.1 Å². The van der Waals surface area contributed by atoms with Crippen molar-refractivity contribution in [1.29, 1.82) is 0 Å². The Morgan fingerprint density at radius 1 is 1.21 bits per heavy atom. The molecule has 2 heterocycles. The molecule has 5 N–H and O–H groups in total. The SMILES string of the molecule is Nc1ncnc2c1ncn2[C@H]1CCCC[C@H](N)[C@@H]1O. The number of imidazole rings is 1. The number of aromatic nitrogens is 4. The van der Waals surface area contributed by atoms with E-state index in [9.17, 15) is 5.11 Å². The summed E-state index contributed by atoms with van der Waals surface area (Å²) in [6.07, 6.45) is 6.29. The van der Waals surface area contributed by atoms with Crippen LogP contribution in [-0.4, -0.2) is 36.8 Å². The number of hydrogen-bond donors (Lipinski definition) is 3. The number of aliphatic hydroxyl groups is 1. The number of nitrogens with two attached hydrogens (primary N) is 2. The summed E-state index contributed by atoms with van der Waals surface area (Å²) < 4.78 is 1.88. The Balaban J connectivity index is 2.05. The minimum absolute atomic E-state index is 0.100. The van der Waals surface area contributed by atoms with Crippen LogP contribution in [-0.2, 0) is 0 Å². The topological polar surface area (TPSA) is 116 Å². The Hall–Kier alpha value is -1.73. The van der Waals surface area contributed by atoms with Crippen molar-refractivity contribution in [2.24, 2.45) is 5.73 Å². The first-order valence-corrected chi connectivity index (χ1v) is 6.55. The van der Waals surface area contributed by atoms with Crippen LogP contribution < -0.4 is 11.5 Å². The molecule has 0 radical (unpaired) electrons. The van der Waals surface area contributed by atoms with Gasteiger partial charge in [-0.25, -0.2) is 15.0 Å². The van der Waals surface area contributed by atoms with E-state index in [1.165, 1.54) is 6.33 Å². The molecule has 0 bridgehead atoms. The molecule has 1 aliphatic rings. The third-order valence-electron chi connectivity index (χ3n) is 3.86. The van der Waals surface area contributed by atoms with Crippen molar-refractivity contribution in [1.82, 2.24) is 19.5 Å². The lowest BCUT2D eigenvalue weighted by Crippen LogP contribution is -2.39. The first kappa shape index (κ1) is 12.3. The Labute approximate surface area is 110 Å². The van der Waals surface area contributed by atoms with Crippen LogP contribution in [0.2, 0.25) is 0 Å². The van der Waals surface area contributed by atoms with Crippen molar-refractivity contribution in [3.63, 3.8) is 0 Å². The molecule has 2 aromatic heterocycles. The van der Waals surface area contributed by atoms with Crippen LogP contribution in [0.15, 0.2) is 12.7 Å². The fourth-order valence-corrected chi connectivity index (χ4v) is 2.78. The molecule has 7 heteroatoms. The second-order valence-electron chi connectivity index (χ2n) is 5.09. The highest BCUT2D eigenvalue weighted by molar-refractivity contribution is 5.81. The minimum atomic E-state index is -0.587. The summed E-state index contributed by atoms with van der Waals surface area (Å²) in [5, 5.41) is 10.4. The molecule has 102 valence electrons. The highest BCUT2D eigenvalue weighted by Gasteiger charge is 2.30. The molecule has 19 heavy (non-hydrogen) atoms. The van der Waals surface area contributed by atoms with Gasteiger partial charge in [0.15, 0.2) is 11.5 Å². The van der Waals surface area contributed by atoms with Crippen molar-refractivity contribution in [3.8, 4) is 0 Å². The van der Waals surface area contributed by atoms with Gasteiger partial charge in [-0.05, 0) is 12.8 Å². The first-order chi connectivity index (χ1) is 9.18. The van der Waals surface area contributed by atoms with E-state index in [0.29, 0.717) is 17.0 Å². The van der Waals surface area contributed by atoms with E-state index < -0.39 is 6.10 Å². The zero-order valence-electron chi connectivity index (χ0n) is 10.6. The molecule has 1 fully saturated rings. The second-order valence-corrected chi connectivity index (χ2v) is 5.09. The third-order valence-corrected chi connectivity index (χ3v) is 3.86. The lowest BCUT2D eigenvalue weighted by Gasteiger charge is -2.25. The Morgan fingerprint density at radius 2 is 2.00 bits per heavy atom. The molecular weight excluding hydrogens is 244 g/mol. The fourth-order valence-electron chi connectivity index (χ4n) is 2.78. The van der Waals surface area contributed by atoms with Gasteiger partial charge in [-0.3, -0.25) is 0 Å². The molecule has 3 rings (SSSR count). The number of nitrogens with zero attached hydrogens (tertiary/aromatic N) is 4. The van der Waals surface area contributed by atoms with Gasteiger partial charge < -0.3 is 21.1 Å². The zero-order valence-corrected chi connectivity index (χ0v) is 10.6. The van der Waals surface area contributed by atoms with E-state index in [1.54, 1.807) is 6.33 Å². The summed E-state index contributed by atoms with van der Waals surface area (Å²) >= 11 is 0. The highest BCUT2D eigenvalue weighted by Crippen LogP contribution is 2.29. The van der Waals surface area contributed by atoms with Crippen LogP contribution in [0, 0.1) is 0 Å². The molecule has 0 amide bonds. The van der Waals surface area contributed by atoms with E-state index >= 15 is 0 Å². The molecule has 3 atom stereocenters. The molecule has 1 saturated carbocycles. The van der Waals surface area contributed by atoms with Gasteiger partial charge in [-0.2, -0.15) is 0 Å². The molecule has 2 aromatic rings. The molecular formula is C12H18N6O. The van der Waals surface area contributed by atoms with Crippen LogP contribution in [0.1, 0.15) is 31.7 Å². The van der Waals surface area contributed by atoms with Crippen LogP contribution in [0.5, 0.6) is 0 Å². The lowest BCUT2D eigenvalue weighted by atomic mass is 10.0. The highest BCUT2D eigenvalue weighted by atomic mass is 16.3. The Kier molecular flexibility index (Phi) is 3.08. The number of nitrogen functional groups attached to an aromatic ring is 1. The smallest absolute Gasteiger partial charge is 0.165 e. The number of aliphatic hydroxyl groups excluding tert-OH is 1. The summed E-state index contributed by atoms with van der Waals surface area (Å²) in [4.78, 5) is 12.4. The van der Waals surface area contributed by atoms with Crippen molar-refractivity contribution in [2.75, 3.05) is 5.73 Å². The van der Waals surface area contributed by atoms with Crippen LogP contribution in [0.3, 0.4) is 0 Å².